The number of anilines is 1. The smallest absolute Gasteiger partial charge is 0.256 e. The molecule has 0 unspecified atom stereocenters. The van der Waals surface area contributed by atoms with Crippen LogP contribution in [0.3, 0.4) is 0 Å². The van der Waals surface area contributed by atoms with Crippen molar-refractivity contribution in [2.45, 2.75) is 12.5 Å². The third-order valence-electron chi connectivity index (χ3n) is 3.70. The van der Waals surface area contributed by atoms with Gasteiger partial charge in [0, 0.05) is 24.5 Å². The fraction of sp³-hybridized carbons (Fsp3) is 0.250. The van der Waals surface area contributed by atoms with E-state index in [2.05, 4.69) is 5.32 Å². The maximum Gasteiger partial charge on any atom is 0.256 e. The van der Waals surface area contributed by atoms with Crippen molar-refractivity contribution in [1.82, 2.24) is 4.90 Å². The number of likely N-dealkylation sites (tertiary alicyclic amines) is 1. The number of nitrogens with one attached hydrogen (secondary N) is 1. The Morgan fingerprint density at radius 1 is 1.26 bits per heavy atom. The molecule has 1 aliphatic rings. The largest absolute Gasteiger partial charge is 0.337 e. The van der Waals surface area contributed by atoms with E-state index < -0.39 is 0 Å². The van der Waals surface area contributed by atoms with Crippen molar-refractivity contribution in [3.63, 3.8) is 0 Å². The molecule has 1 aromatic carbocycles. The van der Waals surface area contributed by atoms with Gasteiger partial charge < -0.3 is 16.0 Å². The van der Waals surface area contributed by atoms with Crippen molar-refractivity contribution in [2.75, 3.05) is 18.4 Å². The molecule has 3 N–H and O–H groups in total. The van der Waals surface area contributed by atoms with Crippen molar-refractivity contribution >= 4 is 41.2 Å². The minimum atomic E-state index is -0.209. The fourth-order valence-corrected chi connectivity index (χ4v) is 3.14. The molecule has 23 heavy (non-hydrogen) atoms. The Morgan fingerprint density at radius 2 is 2.04 bits per heavy atom. The Labute approximate surface area is 144 Å². The van der Waals surface area contributed by atoms with Crippen LogP contribution < -0.4 is 11.1 Å². The topological polar surface area (TPSA) is 75.4 Å². The van der Waals surface area contributed by atoms with Gasteiger partial charge in [0.2, 0.25) is 0 Å². The van der Waals surface area contributed by atoms with E-state index in [4.69, 9.17) is 5.73 Å². The van der Waals surface area contributed by atoms with E-state index in [1.54, 1.807) is 40.6 Å². The Balaban J connectivity index is 0.00000192. The summed E-state index contributed by atoms with van der Waals surface area (Å²) in [6.07, 6.45) is 0.815. The summed E-state index contributed by atoms with van der Waals surface area (Å²) in [5, 5.41) is 6.44. The van der Waals surface area contributed by atoms with Crippen LogP contribution in [0.1, 0.15) is 27.1 Å². The lowest BCUT2D eigenvalue weighted by molar-refractivity contribution is 0.0792. The molecule has 3 rings (SSSR count). The highest BCUT2D eigenvalue weighted by Crippen LogP contribution is 2.21. The van der Waals surface area contributed by atoms with Gasteiger partial charge in [-0.3, -0.25) is 9.59 Å². The summed E-state index contributed by atoms with van der Waals surface area (Å²) < 4.78 is 0. The third kappa shape index (κ3) is 3.90. The van der Waals surface area contributed by atoms with E-state index in [9.17, 15) is 9.59 Å². The number of nitrogens with zero attached hydrogens (tertiary/aromatic N) is 1. The molecule has 0 saturated carbocycles. The normalized spacial score (nSPS) is 16.7. The van der Waals surface area contributed by atoms with Gasteiger partial charge >= 0.3 is 0 Å². The summed E-state index contributed by atoms with van der Waals surface area (Å²) in [5.74, 6) is -0.297. The van der Waals surface area contributed by atoms with Crippen LogP contribution >= 0.6 is 23.7 Å². The van der Waals surface area contributed by atoms with E-state index in [0.717, 1.165) is 6.42 Å². The molecule has 122 valence electrons. The van der Waals surface area contributed by atoms with Gasteiger partial charge in [0.05, 0.1) is 16.8 Å². The number of carbonyl (C=O) groups excluding carboxylic acids is 2. The Bertz CT molecular complexity index is 690. The SMILES string of the molecule is Cl.N[C@@H]1CCN(C(=O)c2ccccc2NC(=O)c2ccsc2)C1. The number of carbonyl (C=O) groups is 2. The molecule has 7 heteroatoms. The standard InChI is InChI=1S/C16H17N3O2S.ClH/c17-12-5-7-19(9-12)16(21)13-3-1-2-4-14(13)18-15(20)11-6-8-22-10-11;/h1-4,6,8,10,12H,5,7,9,17H2,(H,18,20);1H/t12-;/m1./s1. The summed E-state index contributed by atoms with van der Waals surface area (Å²) >= 11 is 1.46. The summed E-state index contributed by atoms with van der Waals surface area (Å²) in [7, 11) is 0. The first kappa shape index (κ1) is 17.5. The molecule has 1 aliphatic heterocycles. The Morgan fingerprint density at radius 3 is 2.70 bits per heavy atom. The van der Waals surface area contributed by atoms with E-state index in [0.29, 0.717) is 29.9 Å². The molecule has 2 aromatic rings. The lowest BCUT2D eigenvalue weighted by Crippen LogP contribution is -2.32. The zero-order chi connectivity index (χ0) is 15.5. The van der Waals surface area contributed by atoms with Gasteiger partial charge in [-0.1, -0.05) is 12.1 Å². The average molecular weight is 352 g/mol. The highest BCUT2D eigenvalue weighted by atomic mass is 35.5. The van der Waals surface area contributed by atoms with E-state index >= 15 is 0 Å². The van der Waals surface area contributed by atoms with Crippen LogP contribution in [0.4, 0.5) is 5.69 Å². The van der Waals surface area contributed by atoms with E-state index in [-0.39, 0.29) is 30.3 Å². The highest BCUT2D eigenvalue weighted by molar-refractivity contribution is 7.08. The first-order chi connectivity index (χ1) is 10.6. The van der Waals surface area contributed by atoms with Crippen molar-refractivity contribution in [3.05, 3.63) is 52.2 Å². The van der Waals surface area contributed by atoms with Crippen LogP contribution in [0.5, 0.6) is 0 Å². The van der Waals surface area contributed by atoms with Crippen LogP contribution in [0, 0.1) is 0 Å². The number of halogens is 1. The van der Waals surface area contributed by atoms with Crippen LogP contribution in [0.2, 0.25) is 0 Å². The van der Waals surface area contributed by atoms with E-state index in [1.165, 1.54) is 11.3 Å². The molecule has 0 radical (unpaired) electrons. The second-order valence-electron chi connectivity index (χ2n) is 5.31. The molecule has 2 amide bonds. The monoisotopic (exact) mass is 351 g/mol. The van der Waals surface area contributed by atoms with Crippen molar-refractivity contribution in [3.8, 4) is 0 Å². The Kier molecular flexibility index (Phi) is 5.76. The molecular weight excluding hydrogens is 334 g/mol. The lowest BCUT2D eigenvalue weighted by atomic mass is 10.1. The molecule has 5 nitrogen and oxygen atoms in total. The minimum Gasteiger partial charge on any atom is -0.337 e. The number of hydrogen-bond acceptors (Lipinski definition) is 4. The lowest BCUT2D eigenvalue weighted by Gasteiger charge is -2.18. The molecule has 1 aromatic heterocycles. The zero-order valence-electron chi connectivity index (χ0n) is 12.4. The number of benzene rings is 1. The van der Waals surface area contributed by atoms with Gasteiger partial charge in [0.25, 0.3) is 11.8 Å². The van der Waals surface area contributed by atoms with Gasteiger partial charge in [0.15, 0.2) is 0 Å². The molecule has 1 atom stereocenters. The quantitative estimate of drug-likeness (QED) is 0.892. The van der Waals surface area contributed by atoms with Gasteiger partial charge in [0.1, 0.15) is 0 Å². The highest BCUT2D eigenvalue weighted by Gasteiger charge is 2.26. The second kappa shape index (κ2) is 7.59. The van der Waals surface area contributed by atoms with Crippen LogP contribution in [-0.2, 0) is 0 Å². The number of hydrogen-bond donors (Lipinski definition) is 2. The number of thiophene rings is 1. The first-order valence-corrected chi connectivity index (χ1v) is 8.07. The molecule has 0 spiro atoms. The van der Waals surface area contributed by atoms with Crippen LogP contribution in [-0.4, -0.2) is 35.8 Å². The van der Waals surface area contributed by atoms with E-state index in [1.807, 2.05) is 5.38 Å². The van der Waals surface area contributed by atoms with Gasteiger partial charge in [-0.15, -0.1) is 12.4 Å². The average Bonchev–Trinajstić information content (AvgIpc) is 3.18. The molecule has 0 aliphatic carbocycles. The summed E-state index contributed by atoms with van der Waals surface area (Å²) in [5.41, 5.74) is 7.49. The fourth-order valence-electron chi connectivity index (χ4n) is 2.51. The molecule has 0 bridgehead atoms. The number of para-hydroxylation sites is 1. The third-order valence-corrected chi connectivity index (χ3v) is 4.38. The van der Waals surface area contributed by atoms with Crippen molar-refractivity contribution in [2.24, 2.45) is 5.73 Å². The predicted molar refractivity (Wildman–Crippen MR) is 94.5 cm³/mol. The summed E-state index contributed by atoms with van der Waals surface area (Å²) in [6, 6.07) is 8.86. The maximum absolute atomic E-state index is 12.6. The molecule has 2 heterocycles. The van der Waals surface area contributed by atoms with Crippen molar-refractivity contribution in [1.29, 1.82) is 0 Å². The first-order valence-electron chi connectivity index (χ1n) is 7.12. The molecular formula is C16H18ClN3O2S. The zero-order valence-corrected chi connectivity index (χ0v) is 14.0. The van der Waals surface area contributed by atoms with Crippen LogP contribution in [0.15, 0.2) is 41.1 Å². The minimum absolute atomic E-state index is 0. The predicted octanol–water partition coefficient (Wildman–Crippen LogP) is 2.60. The van der Waals surface area contributed by atoms with Gasteiger partial charge in [-0.25, -0.2) is 0 Å². The maximum atomic E-state index is 12.6. The number of rotatable bonds is 3. The van der Waals surface area contributed by atoms with Gasteiger partial charge in [-0.05, 0) is 30.0 Å². The van der Waals surface area contributed by atoms with Gasteiger partial charge in [-0.2, -0.15) is 11.3 Å². The molecule has 1 saturated heterocycles. The van der Waals surface area contributed by atoms with Crippen molar-refractivity contribution < 1.29 is 9.59 Å². The van der Waals surface area contributed by atoms with Crippen LogP contribution in [0.25, 0.3) is 0 Å². The summed E-state index contributed by atoms with van der Waals surface area (Å²) in [6.45, 7) is 1.22. The second-order valence-corrected chi connectivity index (χ2v) is 6.09. The number of amides is 2. The molecule has 1 fully saturated rings. The summed E-state index contributed by atoms with van der Waals surface area (Å²) in [4.78, 5) is 26.5. The Hall–Kier alpha value is -1.89. The number of nitrogens with two attached hydrogens (primary N) is 1.